The highest BCUT2D eigenvalue weighted by Gasteiger charge is 2.14. The molecule has 2 heterocycles. The summed E-state index contributed by atoms with van der Waals surface area (Å²) in [6.07, 6.45) is 1.61. The lowest BCUT2D eigenvalue weighted by atomic mass is 10.2. The van der Waals surface area contributed by atoms with Gasteiger partial charge in [-0.25, -0.2) is 15.0 Å². The van der Waals surface area contributed by atoms with E-state index < -0.39 is 0 Å². The number of piperazine rings is 1. The zero-order valence-corrected chi connectivity index (χ0v) is 10.5. The van der Waals surface area contributed by atoms with Crippen LogP contribution >= 0.6 is 0 Å². The van der Waals surface area contributed by atoms with Crippen LogP contribution in [0, 0.1) is 0 Å². The van der Waals surface area contributed by atoms with Gasteiger partial charge in [-0.2, -0.15) is 0 Å². The van der Waals surface area contributed by atoms with E-state index in [-0.39, 0.29) is 0 Å². The molecular formula is C13H17N5. The van der Waals surface area contributed by atoms with Gasteiger partial charge in [-0.1, -0.05) is 12.1 Å². The van der Waals surface area contributed by atoms with E-state index in [1.165, 1.54) is 0 Å². The van der Waals surface area contributed by atoms with Gasteiger partial charge in [0.05, 0.1) is 5.52 Å². The SMILES string of the molecule is CN1CCN(Nc2ncnc3ccccc23)CC1. The predicted molar refractivity (Wildman–Crippen MR) is 72.2 cm³/mol. The molecule has 1 aliphatic heterocycles. The molecule has 1 saturated heterocycles. The zero-order chi connectivity index (χ0) is 12.4. The number of fused-ring (bicyclic) bond motifs is 1. The van der Waals surface area contributed by atoms with Crippen molar-refractivity contribution in [1.82, 2.24) is 19.9 Å². The Morgan fingerprint density at radius 3 is 2.67 bits per heavy atom. The fourth-order valence-corrected chi connectivity index (χ4v) is 2.16. The maximum atomic E-state index is 4.34. The molecule has 1 N–H and O–H groups in total. The largest absolute Gasteiger partial charge is 0.304 e. The van der Waals surface area contributed by atoms with E-state index in [9.17, 15) is 0 Å². The Morgan fingerprint density at radius 2 is 1.83 bits per heavy atom. The summed E-state index contributed by atoms with van der Waals surface area (Å²) >= 11 is 0. The number of nitrogens with zero attached hydrogens (tertiary/aromatic N) is 4. The molecule has 3 rings (SSSR count). The molecule has 1 aliphatic rings. The highest BCUT2D eigenvalue weighted by atomic mass is 15.5. The Hall–Kier alpha value is -1.72. The maximum absolute atomic E-state index is 4.34. The second kappa shape index (κ2) is 4.88. The molecule has 0 spiro atoms. The number of likely N-dealkylation sites (N-methyl/N-ethyl adjacent to an activating group) is 1. The second-order valence-electron chi connectivity index (χ2n) is 4.64. The fraction of sp³-hybridized carbons (Fsp3) is 0.385. The molecule has 5 nitrogen and oxygen atoms in total. The third kappa shape index (κ3) is 2.27. The molecule has 1 aromatic heterocycles. The first-order valence-corrected chi connectivity index (χ1v) is 6.23. The van der Waals surface area contributed by atoms with Crippen molar-refractivity contribution < 1.29 is 0 Å². The van der Waals surface area contributed by atoms with Gasteiger partial charge in [-0.15, -0.1) is 0 Å². The Bertz CT molecular complexity index is 528. The van der Waals surface area contributed by atoms with Crippen LogP contribution in [0.15, 0.2) is 30.6 Å². The van der Waals surface area contributed by atoms with Gasteiger partial charge in [-0.05, 0) is 19.2 Å². The van der Waals surface area contributed by atoms with Crippen LogP contribution in [0.4, 0.5) is 5.82 Å². The number of para-hydroxylation sites is 1. The van der Waals surface area contributed by atoms with Crippen LogP contribution in [0.1, 0.15) is 0 Å². The monoisotopic (exact) mass is 243 g/mol. The number of benzene rings is 1. The predicted octanol–water partition coefficient (Wildman–Crippen LogP) is 1.20. The summed E-state index contributed by atoms with van der Waals surface area (Å²) in [7, 11) is 2.15. The second-order valence-corrected chi connectivity index (χ2v) is 4.64. The van der Waals surface area contributed by atoms with Crippen LogP contribution in [-0.4, -0.2) is 53.1 Å². The van der Waals surface area contributed by atoms with Crippen molar-refractivity contribution in [3.05, 3.63) is 30.6 Å². The maximum Gasteiger partial charge on any atom is 0.151 e. The van der Waals surface area contributed by atoms with Crippen LogP contribution in [-0.2, 0) is 0 Å². The van der Waals surface area contributed by atoms with Crippen molar-refractivity contribution >= 4 is 16.7 Å². The number of hydrogen-bond acceptors (Lipinski definition) is 5. The van der Waals surface area contributed by atoms with Gasteiger partial charge in [0, 0.05) is 31.6 Å². The number of aromatic nitrogens is 2. The molecule has 18 heavy (non-hydrogen) atoms. The summed E-state index contributed by atoms with van der Waals surface area (Å²) in [5.41, 5.74) is 4.38. The average Bonchev–Trinajstić information content (AvgIpc) is 2.42. The summed E-state index contributed by atoms with van der Waals surface area (Å²) in [4.78, 5) is 10.9. The minimum Gasteiger partial charge on any atom is -0.304 e. The molecular weight excluding hydrogens is 226 g/mol. The number of hydrazine groups is 1. The van der Waals surface area contributed by atoms with Crippen molar-refractivity contribution in [3.63, 3.8) is 0 Å². The van der Waals surface area contributed by atoms with Gasteiger partial charge >= 0.3 is 0 Å². The lowest BCUT2D eigenvalue weighted by Gasteiger charge is -2.32. The molecule has 1 aromatic carbocycles. The summed E-state index contributed by atoms with van der Waals surface area (Å²) in [6, 6.07) is 8.07. The first kappa shape index (κ1) is 11.4. The van der Waals surface area contributed by atoms with Crippen molar-refractivity contribution in [2.24, 2.45) is 0 Å². The number of anilines is 1. The molecule has 1 fully saturated rings. The van der Waals surface area contributed by atoms with Crippen LogP contribution in [0.3, 0.4) is 0 Å². The minimum atomic E-state index is 0.894. The van der Waals surface area contributed by atoms with E-state index in [4.69, 9.17) is 0 Å². The summed E-state index contributed by atoms with van der Waals surface area (Å²) < 4.78 is 0. The summed E-state index contributed by atoms with van der Waals surface area (Å²) in [5.74, 6) is 0.894. The Morgan fingerprint density at radius 1 is 1.06 bits per heavy atom. The van der Waals surface area contributed by atoms with E-state index in [0.29, 0.717) is 0 Å². The molecule has 0 atom stereocenters. The third-order valence-corrected chi connectivity index (χ3v) is 3.31. The van der Waals surface area contributed by atoms with Crippen LogP contribution in [0.5, 0.6) is 0 Å². The van der Waals surface area contributed by atoms with Crippen LogP contribution in [0.2, 0.25) is 0 Å². The quantitative estimate of drug-likeness (QED) is 0.858. The van der Waals surface area contributed by atoms with Crippen molar-refractivity contribution in [2.75, 3.05) is 38.7 Å². The van der Waals surface area contributed by atoms with Crippen LogP contribution < -0.4 is 5.43 Å². The molecule has 0 radical (unpaired) electrons. The molecule has 0 amide bonds. The van der Waals surface area contributed by atoms with E-state index in [1.807, 2.05) is 24.3 Å². The average molecular weight is 243 g/mol. The zero-order valence-electron chi connectivity index (χ0n) is 10.5. The molecule has 2 aromatic rings. The van der Waals surface area contributed by atoms with E-state index >= 15 is 0 Å². The van der Waals surface area contributed by atoms with Gasteiger partial charge < -0.3 is 10.3 Å². The highest BCUT2D eigenvalue weighted by molar-refractivity contribution is 5.88. The molecule has 0 unspecified atom stereocenters. The third-order valence-electron chi connectivity index (χ3n) is 3.31. The smallest absolute Gasteiger partial charge is 0.151 e. The Balaban J connectivity index is 1.82. The van der Waals surface area contributed by atoms with Gasteiger partial charge in [0.1, 0.15) is 6.33 Å². The normalized spacial score (nSPS) is 18.1. The standard InChI is InChI=1S/C13H17N5/c1-17-6-8-18(9-7-17)16-13-11-4-2-3-5-12(11)14-10-15-13/h2-5,10H,6-9H2,1H3,(H,14,15,16). The van der Waals surface area contributed by atoms with Crippen molar-refractivity contribution in [1.29, 1.82) is 0 Å². The summed E-state index contributed by atoms with van der Waals surface area (Å²) in [6.45, 7) is 4.18. The number of nitrogens with one attached hydrogen (secondary N) is 1. The molecule has 5 heteroatoms. The Labute approximate surface area is 106 Å². The van der Waals surface area contributed by atoms with Gasteiger partial charge in [-0.3, -0.25) is 0 Å². The van der Waals surface area contributed by atoms with Crippen molar-refractivity contribution in [2.45, 2.75) is 0 Å². The highest BCUT2D eigenvalue weighted by Crippen LogP contribution is 2.19. The Kier molecular flexibility index (Phi) is 3.08. The lowest BCUT2D eigenvalue weighted by Crippen LogP contribution is -2.47. The van der Waals surface area contributed by atoms with Gasteiger partial charge in [0.15, 0.2) is 5.82 Å². The first-order chi connectivity index (χ1) is 8.83. The summed E-state index contributed by atoms with van der Waals surface area (Å²) in [5, 5.41) is 3.29. The van der Waals surface area contributed by atoms with Crippen LogP contribution in [0.25, 0.3) is 10.9 Å². The van der Waals surface area contributed by atoms with Gasteiger partial charge in [0.2, 0.25) is 0 Å². The van der Waals surface area contributed by atoms with Gasteiger partial charge in [0.25, 0.3) is 0 Å². The molecule has 0 bridgehead atoms. The molecule has 94 valence electrons. The van der Waals surface area contributed by atoms with E-state index in [2.05, 4.69) is 32.4 Å². The van der Waals surface area contributed by atoms with Crippen molar-refractivity contribution in [3.8, 4) is 0 Å². The number of rotatable bonds is 2. The molecule has 0 aliphatic carbocycles. The minimum absolute atomic E-state index is 0.894. The first-order valence-electron chi connectivity index (χ1n) is 6.23. The van der Waals surface area contributed by atoms with E-state index in [1.54, 1.807) is 6.33 Å². The molecule has 0 saturated carbocycles. The topological polar surface area (TPSA) is 44.3 Å². The lowest BCUT2D eigenvalue weighted by molar-refractivity contribution is 0.178. The van der Waals surface area contributed by atoms with E-state index in [0.717, 1.165) is 42.9 Å². The number of hydrogen-bond donors (Lipinski definition) is 1. The fourth-order valence-electron chi connectivity index (χ4n) is 2.16.